The summed E-state index contributed by atoms with van der Waals surface area (Å²) in [4.78, 5) is 23.8. The Bertz CT molecular complexity index is 941. The number of fused-ring (bicyclic) bond motifs is 1. The van der Waals surface area contributed by atoms with Gasteiger partial charge in [0.15, 0.2) is 23.4 Å². The van der Waals surface area contributed by atoms with E-state index in [4.69, 9.17) is 0 Å². The molecule has 0 aliphatic rings. The molecule has 24 heavy (non-hydrogen) atoms. The van der Waals surface area contributed by atoms with E-state index in [9.17, 15) is 9.59 Å². The summed E-state index contributed by atoms with van der Waals surface area (Å²) in [6.07, 6.45) is 3.54. The number of para-hydroxylation sites is 2. The zero-order valence-corrected chi connectivity index (χ0v) is 13.4. The molecule has 0 saturated heterocycles. The third-order valence-electron chi connectivity index (χ3n) is 3.80. The molecule has 0 fully saturated rings. The molecule has 2 aromatic carbocycles. The van der Waals surface area contributed by atoms with Crippen LogP contribution >= 0.6 is 0 Å². The highest BCUT2D eigenvalue weighted by molar-refractivity contribution is 5.96. The number of nitrogens with zero attached hydrogens (tertiary/aromatic N) is 2. The molecule has 1 heterocycles. The lowest BCUT2D eigenvalue weighted by Crippen LogP contribution is -2.39. The minimum Gasteiger partial charge on any atom is -0.323 e. The molecule has 1 amide bonds. The molecule has 0 atom stereocenters. The third kappa shape index (κ3) is 3.10. The second-order valence-corrected chi connectivity index (χ2v) is 5.51. The molecule has 0 unspecified atom stereocenters. The maximum absolute atomic E-state index is 12.4. The number of ketones is 1. The van der Waals surface area contributed by atoms with Gasteiger partial charge in [-0.2, -0.15) is 0 Å². The van der Waals surface area contributed by atoms with Crippen molar-refractivity contribution in [1.82, 2.24) is 4.57 Å². The SMILES string of the molecule is C=Cn1c[n+](CC(=O)Nc2cccc(C(C)=O)c2)c2ccccc21. The van der Waals surface area contributed by atoms with Gasteiger partial charge in [0.25, 0.3) is 5.91 Å². The van der Waals surface area contributed by atoms with Crippen LogP contribution in [0.25, 0.3) is 17.2 Å². The normalized spacial score (nSPS) is 10.5. The Hall–Kier alpha value is -3.21. The second kappa shape index (κ2) is 6.50. The molecule has 5 nitrogen and oxygen atoms in total. The van der Waals surface area contributed by atoms with Crippen molar-refractivity contribution in [2.24, 2.45) is 0 Å². The lowest BCUT2D eigenvalue weighted by Gasteiger charge is -2.05. The van der Waals surface area contributed by atoms with Crippen LogP contribution < -0.4 is 9.88 Å². The Kier molecular flexibility index (Phi) is 4.24. The van der Waals surface area contributed by atoms with Crippen LogP contribution in [0.5, 0.6) is 0 Å². The molecular weight excluding hydrogens is 302 g/mol. The minimum absolute atomic E-state index is 0.0328. The highest BCUT2D eigenvalue weighted by atomic mass is 16.2. The molecule has 120 valence electrons. The minimum atomic E-state index is -0.160. The Balaban J connectivity index is 1.82. The predicted molar refractivity (Wildman–Crippen MR) is 93.6 cm³/mol. The molecule has 0 spiro atoms. The Labute approximate surface area is 139 Å². The first-order chi connectivity index (χ1) is 11.6. The molecule has 0 aliphatic heterocycles. The Morgan fingerprint density at radius 1 is 1.21 bits per heavy atom. The molecule has 0 aliphatic carbocycles. The van der Waals surface area contributed by atoms with Gasteiger partial charge in [0, 0.05) is 11.3 Å². The molecule has 0 bridgehead atoms. The molecule has 3 aromatic rings. The van der Waals surface area contributed by atoms with Gasteiger partial charge in [-0.15, -0.1) is 0 Å². The van der Waals surface area contributed by atoms with Crippen molar-refractivity contribution < 1.29 is 14.2 Å². The van der Waals surface area contributed by atoms with E-state index in [0.29, 0.717) is 11.3 Å². The van der Waals surface area contributed by atoms with Gasteiger partial charge in [0.05, 0.1) is 6.20 Å². The summed E-state index contributed by atoms with van der Waals surface area (Å²) in [5.74, 6) is -0.192. The zero-order chi connectivity index (χ0) is 17.1. The first-order valence-electron chi connectivity index (χ1n) is 7.61. The maximum atomic E-state index is 12.4. The van der Waals surface area contributed by atoms with Crippen molar-refractivity contribution >= 4 is 34.6 Å². The van der Waals surface area contributed by atoms with Crippen LogP contribution in [-0.4, -0.2) is 16.3 Å². The van der Waals surface area contributed by atoms with Gasteiger partial charge in [-0.05, 0) is 31.2 Å². The average Bonchev–Trinajstić information content (AvgIpc) is 2.93. The van der Waals surface area contributed by atoms with E-state index in [2.05, 4.69) is 11.9 Å². The Morgan fingerprint density at radius 2 is 2.00 bits per heavy atom. The largest absolute Gasteiger partial charge is 0.323 e. The first-order valence-corrected chi connectivity index (χ1v) is 7.61. The topological polar surface area (TPSA) is 55.0 Å². The number of carbonyl (C=O) groups is 2. The van der Waals surface area contributed by atoms with Crippen LogP contribution in [0.1, 0.15) is 17.3 Å². The number of aromatic nitrogens is 2. The van der Waals surface area contributed by atoms with Crippen molar-refractivity contribution in [1.29, 1.82) is 0 Å². The monoisotopic (exact) mass is 320 g/mol. The van der Waals surface area contributed by atoms with Crippen LogP contribution in [0, 0.1) is 0 Å². The second-order valence-electron chi connectivity index (χ2n) is 5.51. The van der Waals surface area contributed by atoms with Gasteiger partial charge in [-0.1, -0.05) is 30.8 Å². The fraction of sp³-hybridized carbons (Fsp3) is 0.105. The zero-order valence-electron chi connectivity index (χ0n) is 13.4. The van der Waals surface area contributed by atoms with E-state index in [1.54, 1.807) is 30.5 Å². The number of benzene rings is 2. The van der Waals surface area contributed by atoms with E-state index in [-0.39, 0.29) is 18.2 Å². The van der Waals surface area contributed by atoms with E-state index in [1.165, 1.54) is 6.92 Å². The van der Waals surface area contributed by atoms with E-state index >= 15 is 0 Å². The molecule has 1 aromatic heterocycles. The quantitative estimate of drug-likeness (QED) is 0.580. The molecule has 1 N–H and O–H groups in total. The summed E-state index contributed by atoms with van der Waals surface area (Å²) in [6, 6.07) is 14.7. The van der Waals surface area contributed by atoms with E-state index < -0.39 is 0 Å². The smallest absolute Gasteiger partial charge is 0.266 e. The summed E-state index contributed by atoms with van der Waals surface area (Å²) >= 11 is 0. The maximum Gasteiger partial charge on any atom is 0.266 e. The number of hydrogen-bond acceptors (Lipinski definition) is 2. The van der Waals surface area contributed by atoms with Gasteiger partial charge in [0.2, 0.25) is 6.33 Å². The first kappa shape index (κ1) is 15.7. The van der Waals surface area contributed by atoms with Crippen LogP contribution in [0.4, 0.5) is 5.69 Å². The molecule has 3 rings (SSSR count). The average molecular weight is 320 g/mol. The van der Waals surface area contributed by atoms with Crippen molar-refractivity contribution in [3.8, 4) is 0 Å². The lowest BCUT2D eigenvalue weighted by molar-refractivity contribution is -0.658. The fourth-order valence-corrected chi connectivity index (χ4v) is 2.64. The van der Waals surface area contributed by atoms with Crippen molar-refractivity contribution in [3.05, 3.63) is 67.0 Å². The Morgan fingerprint density at radius 3 is 2.75 bits per heavy atom. The van der Waals surface area contributed by atoms with Gasteiger partial charge >= 0.3 is 0 Å². The van der Waals surface area contributed by atoms with Gasteiger partial charge in [0.1, 0.15) is 0 Å². The fourth-order valence-electron chi connectivity index (χ4n) is 2.64. The highest BCUT2D eigenvalue weighted by Gasteiger charge is 2.16. The number of rotatable bonds is 5. The lowest BCUT2D eigenvalue weighted by atomic mass is 10.1. The third-order valence-corrected chi connectivity index (χ3v) is 3.80. The number of anilines is 1. The van der Waals surface area contributed by atoms with Crippen LogP contribution in [0.3, 0.4) is 0 Å². The number of nitrogens with one attached hydrogen (secondary N) is 1. The van der Waals surface area contributed by atoms with E-state index in [1.807, 2.05) is 39.7 Å². The van der Waals surface area contributed by atoms with Crippen LogP contribution in [-0.2, 0) is 11.3 Å². The standard InChI is InChI=1S/C19H17N3O2/c1-3-21-13-22(18-10-5-4-9-17(18)21)12-19(24)20-16-8-6-7-15(11-16)14(2)23/h3-11,13H,1,12H2,2H3/p+1. The van der Waals surface area contributed by atoms with E-state index in [0.717, 1.165) is 11.0 Å². The summed E-state index contributed by atoms with van der Waals surface area (Å²) in [5, 5.41) is 2.83. The molecular formula is C19H18N3O2+. The van der Waals surface area contributed by atoms with Gasteiger partial charge in [-0.3, -0.25) is 9.59 Å². The number of imidazole rings is 1. The van der Waals surface area contributed by atoms with Crippen LogP contribution in [0.2, 0.25) is 0 Å². The highest BCUT2D eigenvalue weighted by Crippen LogP contribution is 2.12. The predicted octanol–water partition coefficient (Wildman–Crippen LogP) is 2.87. The van der Waals surface area contributed by atoms with Crippen molar-refractivity contribution in [3.63, 3.8) is 0 Å². The van der Waals surface area contributed by atoms with Crippen molar-refractivity contribution in [2.75, 3.05) is 5.32 Å². The summed E-state index contributed by atoms with van der Waals surface area (Å²) in [6.45, 7) is 5.46. The van der Waals surface area contributed by atoms with Gasteiger partial charge in [-0.25, -0.2) is 9.13 Å². The number of carbonyl (C=O) groups excluding carboxylic acids is 2. The molecule has 0 radical (unpaired) electrons. The van der Waals surface area contributed by atoms with Crippen molar-refractivity contribution in [2.45, 2.75) is 13.5 Å². The summed E-state index contributed by atoms with van der Waals surface area (Å²) in [5.41, 5.74) is 3.12. The summed E-state index contributed by atoms with van der Waals surface area (Å²) in [7, 11) is 0. The molecule has 5 heteroatoms. The summed E-state index contributed by atoms with van der Waals surface area (Å²) < 4.78 is 3.74. The number of hydrogen-bond donors (Lipinski definition) is 1. The number of amides is 1. The number of Topliss-reactive ketones (excluding diaryl/α,β-unsaturated/α-hetero) is 1. The molecule has 0 saturated carbocycles. The van der Waals surface area contributed by atoms with Crippen LogP contribution in [0.15, 0.2) is 61.4 Å². The van der Waals surface area contributed by atoms with Gasteiger partial charge < -0.3 is 5.32 Å².